The van der Waals surface area contributed by atoms with Crippen LogP contribution in [-0.2, 0) is 9.53 Å². The van der Waals surface area contributed by atoms with Crippen LogP contribution < -0.4 is 0 Å². The first kappa shape index (κ1) is 8.57. The number of rotatable bonds is 2. The Balaban J connectivity index is 2.27. The van der Waals surface area contributed by atoms with Gasteiger partial charge in [0, 0.05) is 0 Å². The van der Waals surface area contributed by atoms with E-state index in [-0.39, 0.29) is 11.9 Å². The van der Waals surface area contributed by atoms with Gasteiger partial charge in [0.2, 0.25) is 0 Å². The molecule has 0 saturated heterocycles. The molecule has 1 fully saturated rings. The van der Waals surface area contributed by atoms with E-state index in [9.17, 15) is 4.79 Å². The molecule has 2 nitrogen and oxygen atoms in total. The van der Waals surface area contributed by atoms with Crippen molar-refractivity contribution in [2.75, 3.05) is 0 Å². The highest BCUT2D eigenvalue weighted by Crippen LogP contribution is 2.24. The van der Waals surface area contributed by atoms with E-state index in [1.165, 1.54) is 25.9 Å². The number of hydrogen-bond donors (Lipinski definition) is 0. The van der Waals surface area contributed by atoms with Gasteiger partial charge < -0.3 is 4.74 Å². The molecule has 0 heterocycles. The maximum atomic E-state index is 11.1. The van der Waals surface area contributed by atoms with Crippen LogP contribution in [0.1, 0.15) is 39.0 Å². The van der Waals surface area contributed by atoms with Crippen molar-refractivity contribution < 1.29 is 9.53 Å². The Hall–Kier alpha value is -0.530. The Kier molecular flexibility index (Phi) is 3.40. The van der Waals surface area contributed by atoms with Gasteiger partial charge in [0.15, 0.2) is 0 Å². The molecular formula is C9H15O2. The molecule has 63 valence electrons. The standard InChI is InChI=1S/C9H15O2/c1-2-11-9(10)8-6-4-3-5-7-8/h2,8H,3-7H2,1H3. The quantitative estimate of drug-likeness (QED) is 0.572. The minimum atomic E-state index is -0.0350. The van der Waals surface area contributed by atoms with Crippen LogP contribution in [0, 0.1) is 12.5 Å². The first-order chi connectivity index (χ1) is 5.34. The van der Waals surface area contributed by atoms with Gasteiger partial charge in [-0.1, -0.05) is 19.3 Å². The lowest BCUT2D eigenvalue weighted by Gasteiger charge is -2.18. The first-order valence-electron chi connectivity index (χ1n) is 4.33. The molecule has 0 spiro atoms. The molecule has 11 heavy (non-hydrogen) atoms. The minimum absolute atomic E-state index is 0.0350. The van der Waals surface area contributed by atoms with Crippen molar-refractivity contribution in [2.45, 2.75) is 39.0 Å². The van der Waals surface area contributed by atoms with E-state index in [0.29, 0.717) is 0 Å². The van der Waals surface area contributed by atoms with E-state index in [0.717, 1.165) is 12.8 Å². The Morgan fingerprint density at radius 2 is 2.00 bits per heavy atom. The summed E-state index contributed by atoms with van der Waals surface area (Å²) >= 11 is 0. The van der Waals surface area contributed by atoms with Crippen LogP contribution in [0.2, 0.25) is 0 Å². The summed E-state index contributed by atoms with van der Waals surface area (Å²) in [7, 11) is 0. The summed E-state index contributed by atoms with van der Waals surface area (Å²) in [5.41, 5.74) is 0. The maximum absolute atomic E-state index is 11.1. The maximum Gasteiger partial charge on any atom is 0.309 e. The third-order valence-corrected chi connectivity index (χ3v) is 2.17. The topological polar surface area (TPSA) is 26.3 Å². The van der Waals surface area contributed by atoms with Crippen LogP contribution in [0.25, 0.3) is 0 Å². The number of ether oxygens (including phenoxy) is 1. The number of carbonyl (C=O) groups is 1. The lowest BCUT2D eigenvalue weighted by atomic mass is 9.89. The van der Waals surface area contributed by atoms with Crippen molar-refractivity contribution in [2.24, 2.45) is 5.92 Å². The van der Waals surface area contributed by atoms with Crippen molar-refractivity contribution in [3.63, 3.8) is 0 Å². The van der Waals surface area contributed by atoms with Gasteiger partial charge >= 0.3 is 5.97 Å². The molecule has 0 aromatic carbocycles. The summed E-state index contributed by atoms with van der Waals surface area (Å²) in [6, 6.07) is 0. The Labute approximate surface area is 67.9 Å². The molecule has 0 aromatic heterocycles. The number of hydrogen-bond acceptors (Lipinski definition) is 2. The van der Waals surface area contributed by atoms with Gasteiger partial charge in [-0.3, -0.25) is 4.79 Å². The van der Waals surface area contributed by atoms with Crippen LogP contribution in [0.3, 0.4) is 0 Å². The van der Waals surface area contributed by atoms with Gasteiger partial charge in [0.25, 0.3) is 0 Å². The van der Waals surface area contributed by atoms with Crippen molar-refractivity contribution in [3.8, 4) is 0 Å². The fourth-order valence-corrected chi connectivity index (χ4v) is 1.55. The Bertz CT molecular complexity index is 126. The van der Waals surface area contributed by atoms with Gasteiger partial charge in [0.1, 0.15) is 6.61 Å². The van der Waals surface area contributed by atoms with Crippen molar-refractivity contribution >= 4 is 5.97 Å². The van der Waals surface area contributed by atoms with Crippen LogP contribution in [-0.4, -0.2) is 5.97 Å². The van der Waals surface area contributed by atoms with Crippen LogP contribution in [0.15, 0.2) is 0 Å². The van der Waals surface area contributed by atoms with E-state index in [2.05, 4.69) is 0 Å². The normalized spacial score (nSPS) is 19.7. The lowest BCUT2D eigenvalue weighted by Crippen LogP contribution is -2.18. The molecule has 0 bridgehead atoms. The summed E-state index contributed by atoms with van der Waals surface area (Å²) in [4.78, 5) is 11.1. The minimum Gasteiger partial charge on any atom is -0.459 e. The van der Waals surface area contributed by atoms with Gasteiger partial charge in [-0.15, -0.1) is 0 Å². The zero-order chi connectivity index (χ0) is 8.10. The zero-order valence-electron chi connectivity index (χ0n) is 7.01. The predicted molar refractivity (Wildman–Crippen MR) is 42.6 cm³/mol. The third kappa shape index (κ3) is 2.52. The number of carbonyl (C=O) groups excluding carboxylic acids is 1. The van der Waals surface area contributed by atoms with Crippen LogP contribution in [0.5, 0.6) is 0 Å². The zero-order valence-corrected chi connectivity index (χ0v) is 7.01. The van der Waals surface area contributed by atoms with Crippen molar-refractivity contribution in [1.82, 2.24) is 0 Å². The second-order valence-electron chi connectivity index (χ2n) is 3.01. The average Bonchev–Trinajstić information content (AvgIpc) is 2.07. The first-order valence-corrected chi connectivity index (χ1v) is 4.33. The Morgan fingerprint density at radius 3 is 2.55 bits per heavy atom. The van der Waals surface area contributed by atoms with Gasteiger partial charge in [-0.2, -0.15) is 0 Å². The highest BCUT2D eigenvalue weighted by molar-refractivity contribution is 5.72. The summed E-state index contributed by atoms with van der Waals surface area (Å²) in [6.07, 6.45) is 5.69. The van der Waals surface area contributed by atoms with Gasteiger partial charge in [-0.25, -0.2) is 0 Å². The molecule has 1 saturated carbocycles. The second kappa shape index (κ2) is 4.37. The molecule has 1 aliphatic rings. The number of esters is 1. The SMILES string of the molecule is C[CH]OC(=O)C1CCCCC1. The fraction of sp³-hybridized carbons (Fsp3) is 0.778. The summed E-state index contributed by atoms with van der Waals surface area (Å²) in [5.74, 6) is 0.146. The van der Waals surface area contributed by atoms with Gasteiger partial charge in [-0.05, 0) is 19.8 Å². The van der Waals surface area contributed by atoms with E-state index in [4.69, 9.17) is 4.74 Å². The molecular weight excluding hydrogens is 140 g/mol. The molecule has 0 atom stereocenters. The van der Waals surface area contributed by atoms with Crippen molar-refractivity contribution in [1.29, 1.82) is 0 Å². The smallest absolute Gasteiger partial charge is 0.309 e. The van der Waals surface area contributed by atoms with Crippen LogP contribution >= 0.6 is 0 Å². The molecule has 1 rings (SSSR count). The molecule has 1 aliphatic carbocycles. The molecule has 0 N–H and O–H groups in total. The van der Waals surface area contributed by atoms with E-state index < -0.39 is 0 Å². The van der Waals surface area contributed by atoms with E-state index in [1.54, 1.807) is 6.92 Å². The summed E-state index contributed by atoms with van der Waals surface area (Å²) in [5, 5.41) is 0. The predicted octanol–water partition coefficient (Wildman–Crippen LogP) is 2.29. The summed E-state index contributed by atoms with van der Waals surface area (Å²) < 4.78 is 4.82. The molecule has 0 aliphatic heterocycles. The van der Waals surface area contributed by atoms with Crippen molar-refractivity contribution in [3.05, 3.63) is 6.61 Å². The summed E-state index contributed by atoms with van der Waals surface area (Å²) in [6.45, 7) is 3.21. The highest BCUT2D eigenvalue weighted by Gasteiger charge is 2.21. The molecule has 0 amide bonds. The molecule has 2 heteroatoms. The Morgan fingerprint density at radius 1 is 1.36 bits per heavy atom. The van der Waals surface area contributed by atoms with E-state index in [1.807, 2.05) is 0 Å². The monoisotopic (exact) mass is 155 g/mol. The largest absolute Gasteiger partial charge is 0.459 e. The molecule has 1 radical (unpaired) electrons. The molecule has 0 unspecified atom stereocenters. The highest BCUT2D eigenvalue weighted by atomic mass is 16.5. The molecule has 0 aromatic rings. The van der Waals surface area contributed by atoms with E-state index >= 15 is 0 Å². The third-order valence-electron chi connectivity index (χ3n) is 2.17. The van der Waals surface area contributed by atoms with Gasteiger partial charge in [0.05, 0.1) is 5.92 Å². The second-order valence-corrected chi connectivity index (χ2v) is 3.01. The average molecular weight is 155 g/mol. The van der Waals surface area contributed by atoms with Crippen LogP contribution in [0.4, 0.5) is 0 Å². The lowest BCUT2D eigenvalue weighted by molar-refractivity contribution is -0.145. The fourth-order valence-electron chi connectivity index (χ4n) is 1.55.